The number of carboxylic acids is 1. The molecule has 2 atom stereocenters. The van der Waals surface area contributed by atoms with Crippen LogP contribution in [0.5, 0.6) is 0 Å². The van der Waals surface area contributed by atoms with Gasteiger partial charge in [-0.3, -0.25) is 4.79 Å². The minimum Gasteiger partial charge on any atom is -0.479 e. The van der Waals surface area contributed by atoms with Crippen molar-refractivity contribution >= 4 is 11.9 Å². The molecule has 1 rings (SSSR count). The Labute approximate surface area is 122 Å². The molecule has 1 aliphatic rings. The van der Waals surface area contributed by atoms with Gasteiger partial charge in [-0.2, -0.15) is 0 Å². The predicted molar refractivity (Wildman–Crippen MR) is 70.8 cm³/mol. The highest BCUT2D eigenvalue weighted by Crippen LogP contribution is 2.34. The lowest BCUT2D eigenvalue weighted by atomic mass is 9.91. The number of nitrogens with one attached hydrogen (secondary N) is 1. The number of aliphatic carboxylic acids is 1. The Balaban J connectivity index is 2.59. The summed E-state index contributed by atoms with van der Waals surface area (Å²) in [6.07, 6.45) is -0.0305. The highest BCUT2D eigenvalue weighted by atomic mass is 19.3. The minimum atomic E-state index is -2.75. The molecule has 0 radical (unpaired) electrons. The van der Waals surface area contributed by atoms with Gasteiger partial charge in [0.05, 0.1) is 6.54 Å². The van der Waals surface area contributed by atoms with Crippen LogP contribution in [0.1, 0.15) is 46.0 Å². The number of carbonyl (C=O) groups is 2. The highest BCUT2D eigenvalue weighted by molar-refractivity contribution is 5.82. The van der Waals surface area contributed by atoms with Crippen molar-refractivity contribution in [2.75, 3.05) is 6.54 Å². The molecule has 0 bridgehead atoms. The van der Waals surface area contributed by atoms with Crippen molar-refractivity contribution in [2.45, 2.75) is 57.5 Å². The summed E-state index contributed by atoms with van der Waals surface area (Å²) in [6.45, 7) is 2.17. The van der Waals surface area contributed by atoms with E-state index in [2.05, 4.69) is 5.32 Å². The van der Waals surface area contributed by atoms with E-state index < -0.39 is 41.8 Å². The van der Waals surface area contributed by atoms with Gasteiger partial charge in [0.15, 0.2) is 0 Å². The number of carboxylic acid groups (broad SMARTS) is 1. The Kier molecular flexibility index (Phi) is 5.64. The Morgan fingerprint density at radius 1 is 1.33 bits per heavy atom. The first-order valence-corrected chi connectivity index (χ1v) is 7.16. The molecule has 0 spiro atoms. The van der Waals surface area contributed by atoms with E-state index in [1.54, 1.807) is 0 Å². The second-order valence-corrected chi connectivity index (χ2v) is 6.02. The number of rotatable bonds is 5. The average Bonchev–Trinajstić information content (AvgIpc) is 2.56. The maximum atomic E-state index is 14.2. The van der Waals surface area contributed by atoms with Gasteiger partial charge in [0, 0.05) is 24.7 Å². The van der Waals surface area contributed by atoms with E-state index in [1.165, 1.54) is 13.8 Å². The Morgan fingerprint density at radius 3 is 2.48 bits per heavy atom. The number of amides is 1. The summed E-state index contributed by atoms with van der Waals surface area (Å²) in [5.41, 5.74) is -2.55. The molecule has 1 amide bonds. The first-order chi connectivity index (χ1) is 9.58. The van der Waals surface area contributed by atoms with Crippen LogP contribution in [-0.4, -0.2) is 35.1 Å². The Morgan fingerprint density at radius 2 is 1.95 bits per heavy atom. The molecule has 0 aromatic heterocycles. The second-order valence-electron chi connectivity index (χ2n) is 6.02. The SMILES string of the molecule is CC(C)C(F)(CNC(=O)C1CCCC(F)(F)CC1)C(=O)O. The van der Waals surface area contributed by atoms with Crippen molar-refractivity contribution < 1.29 is 27.9 Å². The fraction of sp³-hybridized carbons (Fsp3) is 0.857. The van der Waals surface area contributed by atoms with Crippen LogP contribution in [-0.2, 0) is 9.59 Å². The van der Waals surface area contributed by atoms with Crippen LogP contribution in [0.15, 0.2) is 0 Å². The van der Waals surface area contributed by atoms with Crippen molar-refractivity contribution in [3.8, 4) is 0 Å². The third-order valence-electron chi connectivity index (χ3n) is 4.12. The molecular formula is C14H22F3NO3. The van der Waals surface area contributed by atoms with Gasteiger partial charge in [0.2, 0.25) is 17.5 Å². The summed E-state index contributed by atoms with van der Waals surface area (Å²) in [7, 11) is 0. The molecule has 0 saturated heterocycles. The van der Waals surface area contributed by atoms with Gasteiger partial charge >= 0.3 is 5.97 Å². The molecular weight excluding hydrogens is 287 g/mol. The smallest absolute Gasteiger partial charge is 0.343 e. The standard InChI is InChI=1S/C14H22F3NO3/c1-9(2)14(17,12(20)21)8-18-11(19)10-4-3-6-13(15,16)7-5-10/h9-10H,3-8H2,1-2H3,(H,18,19)(H,20,21). The third kappa shape index (κ3) is 4.61. The number of halogens is 3. The molecule has 2 N–H and O–H groups in total. The van der Waals surface area contributed by atoms with Crippen molar-refractivity contribution in [2.24, 2.45) is 11.8 Å². The van der Waals surface area contributed by atoms with Crippen LogP contribution in [0.2, 0.25) is 0 Å². The normalized spacial score (nSPS) is 25.0. The van der Waals surface area contributed by atoms with Gasteiger partial charge in [0.25, 0.3) is 0 Å². The first-order valence-electron chi connectivity index (χ1n) is 7.16. The van der Waals surface area contributed by atoms with Gasteiger partial charge in [0.1, 0.15) is 0 Å². The molecule has 7 heteroatoms. The van der Waals surface area contributed by atoms with Crippen molar-refractivity contribution in [1.82, 2.24) is 5.32 Å². The molecule has 0 aromatic carbocycles. The third-order valence-corrected chi connectivity index (χ3v) is 4.12. The fourth-order valence-corrected chi connectivity index (χ4v) is 2.41. The van der Waals surface area contributed by atoms with Crippen molar-refractivity contribution in [3.05, 3.63) is 0 Å². The highest BCUT2D eigenvalue weighted by Gasteiger charge is 2.43. The molecule has 0 aliphatic heterocycles. The lowest BCUT2D eigenvalue weighted by Gasteiger charge is -2.26. The lowest BCUT2D eigenvalue weighted by molar-refractivity contribution is -0.154. The van der Waals surface area contributed by atoms with Gasteiger partial charge in [-0.25, -0.2) is 18.0 Å². The number of hydrogen-bond acceptors (Lipinski definition) is 2. The van der Waals surface area contributed by atoms with Crippen LogP contribution in [0.4, 0.5) is 13.2 Å². The predicted octanol–water partition coefficient (Wildman–Crippen LogP) is 2.77. The topological polar surface area (TPSA) is 66.4 Å². The molecule has 2 unspecified atom stereocenters. The summed E-state index contributed by atoms with van der Waals surface area (Å²) >= 11 is 0. The summed E-state index contributed by atoms with van der Waals surface area (Å²) in [6, 6.07) is 0. The minimum absolute atomic E-state index is 0.0346. The van der Waals surface area contributed by atoms with E-state index in [0.29, 0.717) is 6.42 Å². The van der Waals surface area contributed by atoms with Crippen molar-refractivity contribution in [1.29, 1.82) is 0 Å². The zero-order valence-corrected chi connectivity index (χ0v) is 12.3. The molecule has 21 heavy (non-hydrogen) atoms. The lowest BCUT2D eigenvalue weighted by Crippen LogP contribution is -2.50. The van der Waals surface area contributed by atoms with Crippen LogP contribution >= 0.6 is 0 Å². The zero-order valence-electron chi connectivity index (χ0n) is 12.3. The van der Waals surface area contributed by atoms with E-state index in [-0.39, 0.29) is 25.7 Å². The zero-order chi connectivity index (χ0) is 16.3. The summed E-state index contributed by atoms with van der Waals surface area (Å²) in [5, 5.41) is 11.2. The number of carbonyl (C=O) groups excluding carboxylic acids is 1. The van der Waals surface area contributed by atoms with Crippen molar-refractivity contribution in [3.63, 3.8) is 0 Å². The van der Waals surface area contributed by atoms with Crippen LogP contribution in [0.3, 0.4) is 0 Å². The van der Waals surface area contributed by atoms with E-state index in [9.17, 15) is 22.8 Å². The van der Waals surface area contributed by atoms with Gasteiger partial charge < -0.3 is 10.4 Å². The summed E-state index contributed by atoms with van der Waals surface area (Å²) < 4.78 is 40.7. The number of alkyl halides is 3. The Hall–Kier alpha value is -1.27. The number of hydrogen-bond donors (Lipinski definition) is 2. The molecule has 1 aliphatic carbocycles. The Bertz CT molecular complexity index is 401. The molecule has 122 valence electrons. The summed E-state index contributed by atoms with van der Waals surface area (Å²) in [5.74, 6) is -6.35. The summed E-state index contributed by atoms with van der Waals surface area (Å²) in [4.78, 5) is 22.9. The van der Waals surface area contributed by atoms with E-state index in [1.807, 2.05) is 0 Å². The van der Waals surface area contributed by atoms with Crippen LogP contribution in [0, 0.1) is 11.8 Å². The van der Waals surface area contributed by atoms with E-state index in [0.717, 1.165) is 0 Å². The largest absolute Gasteiger partial charge is 0.479 e. The van der Waals surface area contributed by atoms with Crippen LogP contribution in [0.25, 0.3) is 0 Å². The van der Waals surface area contributed by atoms with E-state index in [4.69, 9.17) is 5.11 Å². The molecule has 0 aromatic rings. The van der Waals surface area contributed by atoms with Gasteiger partial charge in [-0.05, 0) is 19.3 Å². The van der Waals surface area contributed by atoms with E-state index >= 15 is 0 Å². The molecule has 1 saturated carbocycles. The van der Waals surface area contributed by atoms with Crippen LogP contribution < -0.4 is 5.32 Å². The molecule has 1 fully saturated rings. The average molecular weight is 309 g/mol. The maximum absolute atomic E-state index is 14.2. The molecule has 4 nitrogen and oxygen atoms in total. The monoisotopic (exact) mass is 309 g/mol. The molecule has 0 heterocycles. The second kappa shape index (κ2) is 6.66. The fourth-order valence-electron chi connectivity index (χ4n) is 2.41. The van der Waals surface area contributed by atoms with Gasteiger partial charge in [-0.1, -0.05) is 13.8 Å². The quantitative estimate of drug-likeness (QED) is 0.767. The maximum Gasteiger partial charge on any atom is 0.343 e. The first kappa shape index (κ1) is 17.8. The van der Waals surface area contributed by atoms with Gasteiger partial charge in [-0.15, -0.1) is 0 Å².